The van der Waals surface area contributed by atoms with Crippen molar-refractivity contribution < 1.29 is 81.3 Å². The number of allylic oxidation sites excluding steroid dienone is 2. The summed E-state index contributed by atoms with van der Waals surface area (Å²) in [6.07, 6.45) is -0.645. The molecule has 2 N–H and O–H groups in total. The van der Waals surface area contributed by atoms with Gasteiger partial charge in [-0.3, -0.25) is 0 Å². The third kappa shape index (κ3) is 8.17. The summed E-state index contributed by atoms with van der Waals surface area (Å²) in [7, 11) is 6.44. The quantitative estimate of drug-likeness (QED) is 0.263. The van der Waals surface area contributed by atoms with Crippen molar-refractivity contribution in [2.75, 3.05) is 41.7 Å². The average Bonchev–Trinajstić information content (AvgIpc) is 3.93. The van der Waals surface area contributed by atoms with Crippen molar-refractivity contribution in [3.8, 4) is 0 Å². The minimum absolute atomic E-state index is 0.0218. The summed E-state index contributed by atoms with van der Waals surface area (Å²) in [6, 6.07) is 0. The smallest absolute Gasteiger partial charge is 0.186 e. The molecule has 7 aliphatic heterocycles. The number of aliphatic hydroxyl groups excluding tert-OH is 2. The number of methoxy groups -OCH3 is 4. The number of aliphatic hydroxyl groups is 2. The van der Waals surface area contributed by atoms with Gasteiger partial charge in [0.05, 0.1) is 73.4 Å². The van der Waals surface area contributed by atoms with Crippen LogP contribution in [-0.4, -0.2) is 174 Å². The van der Waals surface area contributed by atoms with Crippen LogP contribution in [0.1, 0.15) is 99.3 Å². The molecule has 0 aromatic heterocycles. The largest absolute Gasteiger partial charge is 0.491 e. The van der Waals surface area contributed by atoms with Gasteiger partial charge in [-0.05, 0) is 90.0 Å². The van der Waals surface area contributed by atoms with Gasteiger partial charge in [-0.15, -0.1) is 0 Å². The fourth-order valence-corrected chi connectivity index (χ4v) is 14.0. The summed E-state index contributed by atoms with van der Waals surface area (Å²) in [4.78, 5) is 0. The fraction of sp³-hybridized carbons (Fsp3) is 0.918. The van der Waals surface area contributed by atoms with Crippen LogP contribution < -0.4 is 0 Å². The van der Waals surface area contributed by atoms with Crippen molar-refractivity contribution in [3.05, 3.63) is 23.0 Å². The molecule has 10 rings (SSSR count). The van der Waals surface area contributed by atoms with E-state index in [-0.39, 0.29) is 35.1 Å². The van der Waals surface area contributed by atoms with Gasteiger partial charge in [0.15, 0.2) is 30.9 Å². The first kappa shape index (κ1) is 48.3. The second kappa shape index (κ2) is 18.7. The molecule has 0 amide bonds. The van der Waals surface area contributed by atoms with Crippen molar-refractivity contribution >= 4 is 0 Å². The molecule has 24 atom stereocenters. The molecule has 0 unspecified atom stereocenters. The van der Waals surface area contributed by atoms with Crippen LogP contribution in [0.3, 0.4) is 0 Å². The van der Waals surface area contributed by atoms with Gasteiger partial charge in [0, 0.05) is 47.7 Å². The van der Waals surface area contributed by atoms with Gasteiger partial charge in [-0.1, -0.05) is 18.6 Å². The number of hydrogen-bond acceptors (Lipinski definition) is 17. The number of hydrogen-bond donors (Lipinski definition) is 2. The summed E-state index contributed by atoms with van der Waals surface area (Å²) < 4.78 is 94.1. The van der Waals surface area contributed by atoms with Crippen molar-refractivity contribution in [1.29, 1.82) is 0 Å². The van der Waals surface area contributed by atoms with Crippen molar-refractivity contribution in [1.82, 2.24) is 0 Å². The molecule has 17 heteroatoms. The molecule has 1 spiro atoms. The Bertz CT molecular complexity index is 1800. The Balaban J connectivity index is 0.732. The lowest BCUT2D eigenvalue weighted by Crippen LogP contribution is -2.61. The summed E-state index contributed by atoms with van der Waals surface area (Å²) in [6.45, 7) is 13.4. The second-order valence-electron chi connectivity index (χ2n) is 21.2. The SMILES string of the molecule is CO[C@@H]1[C@@H](O)[C@H](O[C@H]2CC[C@@]3(C)C(=CCC4=C5O[C@@H]6CO[C@]7(C)OC[C@@]5(CC[C@@H]43)[C@H]67)C2)O[C@H](C)[C@H]1O[C@H]1C[C@H](OC)[C@H](O[C@H]2C[C@H](OC)[C@H](O[C@H]3C[C@H](OC)[C@H](O)[C@H](C)O3)[C@@H](C)O2)[C@@H](C)O1. The monoisotopic (exact) mass is 937 g/mol. The van der Waals surface area contributed by atoms with E-state index in [4.69, 9.17) is 71.1 Å². The molecule has 17 nitrogen and oxygen atoms in total. The van der Waals surface area contributed by atoms with Crippen molar-refractivity contribution in [2.45, 2.75) is 222 Å². The van der Waals surface area contributed by atoms with Crippen molar-refractivity contribution in [2.24, 2.45) is 22.7 Å². The number of fused-ring (bicyclic) bond motifs is 3. The maximum atomic E-state index is 11.8. The summed E-state index contributed by atoms with van der Waals surface area (Å²) in [5.41, 5.74) is 2.86. The Labute approximate surface area is 389 Å². The molecule has 0 aromatic carbocycles. The Hall–Kier alpha value is -1.36. The van der Waals surface area contributed by atoms with Gasteiger partial charge in [0.2, 0.25) is 0 Å². The van der Waals surface area contributed by atoms with Crippen LogP contribution in [0, 0.1) is 22.7 Å². The van der Waals surface area contributed by atoms with Gasteiger partial charge in [-0.2, -0.15) is 0 Å². The zero-order valence-corrected chi connectivity index (χ0v) is 40.5. The van der Waals surface area contributed by atoms with Crippen molar-refractivity contribution in [3.63, 3.8) is 0 Å². The van der Waals surface area contributed by atoms with E-state index < -0.39 is 104 Å². The highest BCUT2D eigenvalue weighted by molar-refractivity contribution is 5.40. The zero-order chi connectivity index (χ0) is 46.4. The van der Waals surface area contributed by atoms with Gasteiger partial charge in [0.1, 0.15) is 48.5 Å². The zero-order valence-electron chi connectivity index (χ0n) is 40.5. The fourth-order valence-electron chi connectivity index (χ4n) is 14.0. The van der Waals surface area contributed by atoms with Crippen LogP contribution in [0.15, 0.2) is 23.0 Å². The maximum Gasteiger partial charge on any atom is 0.186 e. The van der Waals surface area contributed by atoms with Gasteiger partial charge < -0.3 is 81.3 Å². The molecule has 66 heavy (non-hydrogen) atoms. The summed E-state index contributed by atoms with van der Waals surface area (Å²) in [5, 5.41) is 22.2. The van der Waals surface area contributed by atoms with E-state index in [0.29, 0.717) is 38.4 Å². The van der Waals surface area contributed by atoms with Crippen LogP contribution in [0.5, 0.6) is 0 Å². The normalized spacial score (nSPS) is 53.4. The maximum absolute atomic E-state index is 11.8. The predicted molar refractivity (Wildman–Crippen MR) is 231 cm³/mol. The molecule has 0 bridgehead atoms. The highest BCUT2D eigenvalue weighted by atomic mass is 16.8. The van der Waals surface area contributed by atoms with Crippen LogP contribution in [0.2, 0.25) is 0 Å². The molecule has 0 aromatic rings. The highest BCUT2D eigenvalue weighted by Crippen LogP contribution is 2.69. The third-order valence-electron chi connectivity index (χ3n) is 17.6. The summed E-state index contributed by atoms with van der Waals surface area (Å²) in [5.74, 6) is 1.35. The standard InChI is InChI=1S/C49H76O17/c1-23-38(50)31(52-7)18-35(58-23)64-40-24(2)59-36(19-32(40)53-8)65-41-25(3)60-37(20-33(41)54-9)66-42-26(4)61-46(39(51)43(42)55-10)62-28-13-15-47(5)27(17-28)11-12-29-30(47)14-16-49-22-57-48(6)44(49)34(21-56-48)63-45(29)49/h11,23-26,28,30-44,46,50-51H,12-22H2,1-10H3/t23-,24+,25+,26+,28-,30-,31-,32-,33-,34+,35-,36-,37-,38+,39+,40+,41+,42+,43+,44+,46-,47-,48+,49-/m0/s1. The van der Waals surface area contributed by atoms with Gasteiger partial charge in [0.25, 0.3) is 0 Å². The average molecular weight is 937 g/mol. The molecular weight excluding hydrogens is 861 g/mol. The lowest BCUT2D eigenvalue weighted by Gasteiger charge is -2.52. The first-order valence-corrected chi connectivity index (χ1v) is 24.7. The topological polar surface area (TPSA) is 179 Å². The van der Waals surface area contributed by atoms with Gasteiger partial charge in [-0.25, -0.2) is 0 Å². The van der Waals surface area contributed by atoms with E-state index in [1.807, 2.05) is 20.8 Å². The Morgan fingerprint density at radius 2 is 1.24 bits per heavy atom. The van der Waals surface area contributed by atoms with Crippen LogP contribution in [0.25, 0.3) is 0 Å². The highest BCUT2D eigenvalue weighted by Gasteiger charge is 2.72. The minimum Gasteiger partial charge on any atom is -0.491 e. The molecule has 3 aliphatic carbocycles. The lowest BCUT2D eigenvalue weighted by molar-refractivity contribution is -0.357. The molecule has 1 saturated carbocycles. The Morgan fingerprint density at radius 3 is 1.88 bits per heavy atom. The molecule has 374 valence electrons. The lowest BCUT2D eigenvalue weighted by atomic mass is 9.52. The number of rotatable bonds is 12. The molecule has 0 radical (unpaired) electrons. The first-order valence-electron chi connectivity index (χ1n) is 24.7. The van der Waals surface area contributed by atoms with E-state index >= 15 is 0 Å². The molecule has 7 saturated heterocycles. The predicted octanol–water partition coefficient (Wildman–Crippen LogP) is 4.42. The van der Waals surface area contributed by atoms with E-state index in [1.165, 1.54) is 16.9 Å². The molecule has 8 fully saturated rings. The van der Waals surface area contributed by atoms with Crippen LogP contribution in [0.4, 0.5) is 0 Å². The van der Waals surface area contributed by atoms with Gasteiger partial charge >= 0.3 is 0 Å². The van der Waals surface area contributed by atoms with Crippen LogP contribution >= 0.6 is 0 Å². The number of ether oxygens (including phenoxy) is 15. The third-order valence-corrected chi connectivity index (χ3v) is 17.6. The van der Waals surface area contributed by atoms with Crippen LogP contribution in [-0.2, 0) is 71.1 Å². The first-order chi connectivity index (χ1) is 31.6. The van der Waals surface area contributed by atoms with E-state index in [2.05, 4.69) is 19.9 Å². The van der Waals surface area contributed by atoms with E-state index in [1.54, 1.807) is 35.4 Å². The van der Waals surface area contributed by atoms with E-state index in [0.717, 1.165) is 38.5 Å². The molecule has 7 heterocycles. The Kier molecular flexibility index (Phi) is 13.7. The minimum atomic E-state index is -1.10. The summed E-state index contributed by atoms with van der Waals surface area (Å²) >= 11 is 0. The molecule has 10 aliphatic rings. The molecular formula is C49H76O17. The van der Waals surface area contributed by atoms with E-state index in [9.17, 15) is 10.2 Å². The second-order valence-corrected chi connectivity index (χ2v) is 21.2. The Morgan fingerprint density at radius 1 is 0.636 bits per heavy atom.